The number of benzene rings is 1. The summed E-state index contributed by atoms with van der Waals surface area (Å²) in [6, 6.07) is 6.93. The van der Waals surface area contributed by atoms with Gasteiger partial charge in [-0.1, -0.05) is 54.7 Å². The molecule has 0 aromatic heterocycles. The highest BCUT2D eigenvalue weighted by atomic mass is 16.5. The van der Waals surface area contributed by atoms with Gasteiger partial charge in [-0.15, -0.1) is 0 Å². The van der Waals surface area contributed by atoms with Crippen molar-refractivity contribution in [1.82, 2.24) is 0 Å². The maximum atomic E-state index is 11.1. The first-order valence-electron chi connectivity index (χ1n) is 5.51. The zero-order chi connectivity index (χ0) is 13.0. The molecular formula is C15H30O3. The molecule has 0 radical (unpaired) electrons. The van der Waals surface area contributed by atoms with Crippen molar-refractivity contribution in [1.29, 1.82) is 0 Å². The number of methoxy groups -OCH3 is 2. The van der Waals surface area contributed by atoms with Gasteiger partial charge in [-0.3, -0.25) is 0 Å². The van der Waals surface area contributed by atoms with E-state index < -0.39 is 0 Å². The van der Waals surface area contributed by atoms with Crippen LogP contribution in [0.15, 0.2) is 24.3 Å². The average Bonchev–Trinajstić information content (AvgIpc) is 2.42. The summed E-state index contributed by atoms with van der Waals surface area (Å²) in [6.45, 7) is 8.00. The van der Waals surface area contributed by atoms with Gasteiger partial charge in [0, 0.05) is 0 Å². The minimum Gasteiger partial charge on any atom is -0.496 e. The summed E-state index contributed by atoms with van der Waals surface area (Å²) in [6.07, 6.45) is 0. The molecule has 0 amide bonds. The molecule has 1 aromatic carbocycles. The lowest BCUT2D eigenvalue weighted by atomic mass is 10.2. The van der Waals surface area contributed by atoms with E-state index in [1.807, 2.05) is 27.7 Å². The topological polar surface area (TPSA) is 35.5 Å². The van der Waals surface area contributed by atoms with Crippen LogP contribution >= 0.6 is 0 Å². The van der Waals surface area contributed by atoms with Gasteiger partial charge in [-0.2, -0.15) is 0 Å². The molecule has 18 heavy (non-hydrogen) atoms. The Morgan fingerprint density at radius 3 is 1.78 bits per heavy atom. The smallest absolute Gasteiger partial charge is 0.341 e. The molecule has 0 spiro atoms. The standard InChI is InChI=1S/C9H10O3.2C2H6.2CH4/c1-11-8-6-4-3-5-7(8)9(10)12-2;2*1-2;;/h3-6H,1-2H3;2*1-2H3;2*1H4. The predicted octanol–water partition coefficient (Wildman–Crippen LogP) is 4.81. The van der Waals surface area contributed by atoms with Crippen LogP contribution in [0.25, 0.3) is 0 Å². The highest BCUT2D eigenvalue weighted by Crippen LogP contribution is 2.17. The third kappa shape index (κ3) is 8.62. The normalized spacial score (nSPS) is 6.78. The fourth-order valence-corrected chi connectivity index (χ4v) is 0.923. The number of hydrogen-bond acceptors (Lipinski definition) is 3. The molecule has 0 bridgehead atoms. The quantitative estimate of drug-likeness (QED) is 0.714. The van der Waals surface area contributed by atoms with Crippen LogP contribution in [0.3, 0.4) is 0 Å². The molecule has 3 nitrogen and oxygen atoms in total. The van der Waals surface area contributed by atoms with E-state index in [4.69, 9.17) is 4.74 Å². The molecule has 0 aliphatic carbocycles. The molecule has 3 heteroatoms. The number of para-hydroxylation sites is 1. The van der Waals surface area contributed by atoms with Crippen molar-refractivity contribution in [3.63, 3.8) is 0 Å². The van der Waals surface area contributed by atoms with Gasteiger partial charge in [0.1, 0.15) is 11.3 Å². The Hall–Kier alpha value is -1.51. The lowest BCUT2D eigenvalue weighted by Crippen LogP contribution is -2.03. The van der Waals surface area contributed by atoms with E-state index in [-0.39, 0.29) is 20.8 Å². The summed E-state index contributed by atoms with van der Waals surface area (Å²) < 4.78 is 9.53. The number of esters is 1. The molecule has 0 heterocycles. The first-order valence-corrected chi connectivity index (χ1v) is 5.51. The summed E-state index contributed by atoms with van der Waals surface area (Å²) in [4.78, 5) is 11.1. The molecule has 0 atom stereocenters. The number of carbonyl (C=O) groups excluding carboxylic acids is 1. The van der Waals surface area contributed by atoms with Crippen LogP contribution in [0, 0.1) is 0 Å². The van der Waals surface area contributed by atoms with Crippen LogP contribution in [0.1, 0.15) is 52.9 Å². The van der Waals surface area contributed by atoms with Gasteiger partial charge in [-0.25, -0.2) is 4.79 Å². The fourth-order valence-electron chi connectivity index (χ4n) is 0.923. The Bertz CT molecular complexity index is 283. The van der Waals surface area contributed by atoms with Crippen molar-refractivity contribution in [2.24, 2.45) is 0 Å². The summed E-state index contributed by atoms with van der Waals surface area (Å²) in [5.74, 6) is 0.150. The van der Waals surface area contributed by atoms with Crippen molar-refractivity contribution in [3.05, 3.63) is 29.8 Å². The Labute approximate surface area is 113 Å². The second-order valence-corrected chi connectivity index (χ2v) is 2.19. The van der Waals surface area contributed by atoms with Gasteiger partial charge in [0.25, 0.3) is 0 Å². The Balaban J connectivity index is -0.000000149. The maximum Gasteiger partial charge on any atom is 0.341 e. The second-order valence-electron chi connectivity index (χ2n) is 2.19. The zero-order valence-electron chi connectivity index (χ0n) is 11.0. The second kappa shape index (κ2) is 17.9. The third-order valence-corrected chi connectivity index (χ3v) is 1.51. The number of hydrogen-bond donors (Lipinski definition) is 0. The van der Waals surface area contributed by atoms with E-state index in [1.54, 1.807) is 24.3 Å². The Kier molecular flexibility index (Phi) is 25.2. The van der Waals surface area contributed by atoms with Crippen molar-refractivity contribution in [2.75, 3.05) is 14.2 Å². The van der Waals surface area contributed by atoms with Crippen molar-refractivity contribution in [2.45, 2.75) is 42.5 Å². The van der Waals surface area contributed by atoms with Crippen molar-refractivity contribution >= 4 is 5.97 Å². The highest BCUT2D eigenvalue weighted by molar-refractivity contribution is 5.92. The SMILES string of the molecule is C.C.CC.CC.COC(=O)c1ccccc1OC. The van der Waals surface area contributed by atoms with E-state index in [9.17, 15) is 4.79 Å². The molecule has 0 unspecified atom stereocenters. The number of ether oxygens (including phenoxy) is 2. The van der Waals surface area contributed by atoms with Crippen LogP contribution in [0.4, 0.5) is 0 Å². The Morgan fingerprint density at radius 1 is 0.944 bits per heavy atom. The fraction of sp³-hybridized carbons (Fsp3) is 0.533. The first-order chi connectivity index (χ1) is 7.79. The summed E-state index contributed by atoms with van der Waals surface area (Å²) >= 11 is 0. The van der Waals surface area contributed by atoms with Gasteiger partial charge in [0.15, 0.2) is 0 Å². The van der Waals surface area contributed by atoms with Gasteiger partial charge in [0.2, 0.25) is 0 Å². The molecule has 0 aliphatic heterocycles. The monoisotopic (exact) mass is 258 g/mol. The van der Waals surface area contributed by atoms with Gasteiger partial charge < -0.3 is 9.47 Å². The predicted molar refractivity (Wildman–Crippen MR) is 80.5 cm³/mol. The zero-order valence-corrected chi connectivity index (χ0v) is 11.0. The van der Waals surface area contributed by atoms with Crippen molar-refractivity contribution < 1.29 is 14.3 Å². The largest absolute Gasteiger partial charge is 0.496 e. The van der Waals surface area contributed by atoms with E-state index in [1.165, 1.54) is 14.2 Å². The highest BCUT2D eigenvalue weighted by Gasteiger charge is 2.10. The summed E-state index contributed by atoms with van der Waals surface area (Å²) in [7, 11) is 2.86. The molecular weight excluding hydrogens is 228 g/mol. The molecule has 1 aromatic rings. The minimum atomic E-state index is -0.382. The molecule has 108 valence electrons. The first kappa shape index (κ1) is 25.4. The summed E-state index contributed by atoms with van der Waals surface area (Å²) in [5.41, 5.74) is 0.447. The Morgan fingerprint density at radius 2 is 1.39 bits per heavy atom. The van der Waals surface area contributed by atoms with Crippen LogP contribution < -0.4 is 4.74 Å². The van der Waals surface area contributed by atoms with E-state index >= 15 is 0 Å². The van der Waals surface area contributed by atoms with E-state index in [0.717, 1.165) is 0 Å². The molecule has 0 N–H and O–H groups in total. The van der Waals surface area contributed by atoms with Gasteiger partial charge >= 0.3 is 5.97 Å². The van der Waals surface area contributed by atoms with Crippen LogP contribution in [-0.2, 0) is 4.74 Å². The molecule has 0 saturated heterocycles. The van der Waals surface area contributed by atoms with Crippen LogP contribution in [-0.4, -0.2) is 20.2 Å². The molecule has 1 rings (SSSR count). The maximum absolute atomic E-state index is 11.1. The van der Waals surface area contributed by atoms with Gasteiger partial charge in [0.05, 0.1) is 14.2 Å². The van der Waals surface area contributed by atoms with E-state index in [2.05, 4.69) is 4.74 Å². The van der Waals surface area contributed by atoms with Crippen LogP contribution in [0.5, 0.6) is 5.75 Å². The molecule has 0 fully saturated rings. The molecule has 0 saturated carbocycles. The molecule has 0 aliphatic rings. The lowest BCUT2D eigenvalue weighted by molar-refractivity contribution is 0.0597. The number of rotatable bonds is 2. The van der Waals surface area contributed by atoms with Crippen LogP contribution in [0.2, 0.25) is 0 Å². The number of carbonyl (C=O) groups is 1. The third-order valence-electron chi connectivity index (χ3n) is 1.51. The minimum absolute atomic E-state index is 0. The summed E-state index contributed by atoms with van der Waals surface area (Å²) in [5, 5.41) is 0. The lowest BCUT2D eigenvalue weighted by Gasteiger charge is -2.04. The van der Waals surface area contributed by atoms with Crippen molar-refractivity contribution in [3.8, 4) is 5.75 Å². The van der Waals surface area contributed by atoms with E-state index in [0.29, 0.717) is 11.3 Å². The van der Waals surface area contributed by atoms with Gasteiger partial charge in [-0.05, 0) is 12.1 Å². The average molecular weight is 258 g/mol.